The van der Waals surface area contributed by atoms with Gasteiger partial charge < -0.3 is 5.32 Å². The summed E-state index contributed by atoms with van der Waals surface area (Å²) < 4.78 is 38.9. The summed E-state index contributed by atoms with van der Waals surface area (Å²) in [5.41, 5.74) is 0.839. The number of carbonyl (C=O) groups is 1. The van der Waals surface area contributed by atoms with Crippen LogP contribution in [-0.4, -0.2) is 22.2 Å². The lowest BCUT2D eigenvalue weighted by Gasteiger charge is -2.06. The average Bonchev–Trinajstić information content (AvgIpc) is 3.35. The normalized spacial score (nSPS) is 12.1. The zero-order valence-corrected chi connectivity index (χ0v) is 18.3. The third kappa shape index (κ3) is 6.19. The first-order chi connectivity index (χ1) is 14.2. The number of nitrogens with zero attached hydrogens (tertiary/aromatic N) is 2. The number of benzene rings is 1. The predicted molar refractivity (Wildman–Crippen MR) is 115 cm³/mol. The van der Waals surface area contributed by atoms with Crippen LogP contribution < -0.4 is 5.32 Å². The van der Waals surface area contributed by atoms with E-state index >= 15 is 0 Å². The molecule has 0 bridgehead atoms. The third-order valence-electron chi connectivity index (χ3n) is 4.57. The maximum Gasteiger partial charge on any atom is 0.433 e. The monoisotopic (exact) mass is 437 g/mol. The smallest absolute Gasteiger partial charge is 0.352 e. The molecule has 0 saturated heterocycles. The Kier molecular flexibility index (Phi) is 8.23. The number of amides is 1. The molecule has 1 amide bonds. The maximum absolute atomic E-state index is 12.7. The Bertz CT molecular complexity index is 948. The SMILES string of the molecule is CCC(C)c1ccccc1.CCNC(=O)c1ccc(-c2cc(C(F)(F)F)n(C)n2)s1. The molecule has 3 rings (SSSR count). The van der Waals surface area contributed by atoms with Gasteiger partial charge in [-0.1, -0.05) is 44.2 Å². The summed E-state index contributed by atoms with van der Waals surface area (Å²) in [5, 5.41) is 6.47. The summed E-state index contributed by atoms with van der Waals surface area (Å²) in [4.78, 5) is 12.6. The van der Waals surface area contributed by atoms with E-state index in [4.69, 9.17) is 0 Å². The van der Waals surface area contributed by atoms with Gasteiger partial charge in [0.2, 0.25) is 0 Å². The molecule has 0 radical (unpaired) electrons. The van der Waals surface area contributed by atoms with Gasteiger partial charge in [-0.25, -0.2) is 0 Å². The van der Waals surface area contributed by atoms with Crippen molar-refractivity contribution >= 4 is 17.2 Å². The van der Waals surface area contributed by atoms with Crippen LogP contribution in [0.15, 0.2) is 48.5 Å². The van der Waals surface area contributed by atoms with Crippen molar-refractivity contribution in [2.45, 2.75) is 39.3 Å². The Morgan fingerprint density at radius 1 is 1.17 bits per heavy atom. The zero-order valence-electron chi connectivity index (χ0n) is 17.5. The largest absolute Gasteiger partial charge is 0.433 e. The second-order valence-corrected chi connectivity index (χ2v) is 7.86. The van der Waals surface area contributed by atoms with Crippen LogP contribution in [0.1, 0.15) is 54.0 Å². The number of hydrogen-bond donors (Lipinski definition) is 1. The van der Waals surface area contributed by atoms with E-state index < -0.39 is 11.9 Å². The molecule has 30 heavy (non-hydrogen) atoms. The molecular formula is C22H26F3N3OS. The van der Waals surface area contributed by atoms with Crippen molar-refractivity contribution in [1.29, 1.82) is 0 Å². The van der Waals surface area contributed by atoms with E-state index in [0.29, 0.717) is 22.2 Å². The Morgan fingerprint density at radius 2 is 1.83 bits per heavy atom. The summed E-state index contributed by atoms with van der Waals surface area (Å²) in [7, 11) is 1.24. The molecule has 1 aromatic carbocycles. The minimum Gasteiger partial charge on any atom is -0.352 e. The molecule has 0 aliphatic carbocycles. The number of alkyl halides is 3. The van der Waals surface area contributed by atoms with Gasteiger partial charge in [0.1, 0.15) is 11.4 Å². The van der Waals surface area contributed by atoms with E-state index in [-0.39, 0.29) is 11.6 Å². The van der Waals surface area contributed by atoms with Crippen molar-refractivity contribution in [3.05, 3.63) is 64.7 Å². The lowest BCUT2D eigenvalue weighted by Crippen LogP contribution is -2.21. The van der Waals surface area contributed by atoms with E-state index in [0.717, 1.165) is 22.1 Å². The zero-order chi connectivity index (χ0) is 22.3. The van der Waals surface area contributed by atoms with Crippen LogP contribution in [0.4, 0.5) is 13.2 Å². The van der Waals surface area contributed by atoms with Crippen LogP contribution >= 0.6 is 11.3 Å². The van der Waals surface area contributed by atoms with E-state index in [1.807, 2.05) is 0 Å². The molecule has 3 aromatic rings. The molecule has 162 valence electrons. The number of aromatic nitrogens is 2. The van der Waals surface area contributed by atoms with Gasteiger partial charge in [0, 0.05) is 13.6 Å². The van der Waals surface area contributed by atoms with Gasteiger partial charge in [0.15, 0.2) is 0 Å². The van der Waals surface area contributed by atoms with Crippen molar-refractivity contribution in [3.63, 3.8) is 0 Å². The van der Waals surface area contributed by atoms with Crippen molar-refractivity contribution < 1.29 is 18.0 Å². The van der Waals surface area contributed by atoms with Gasteiger partial charge in [-0.05, 0) is 43.0 Å². The van der Waals surface area contributed by atoms with Crippen LogP contribution in [0.25, 0.3) is 10.6 Å². The van der Waals surface area contributed by atoms with Gasteiger partial charge >= 0.3 is 6.18 Å². The molecule has 0 spiro atoms. The van der Waals surface area contributed by atoms with Crippen molar-refractivity contribution in [3.8, 4) is 10.6 Å². The van der Waals surface area contributed by atoms with Gasteiger partial charge in [-0.2, -0.15) is 18.3 Å². The molecule has 2 heterocycles. The van der Waals surface area contributed by atoms with Gasteiger partial charge in [-0.15, -0.1) is 11.3 Å². The number of aryl methyl sites for hydroxylation is 1. The van der Waals surface area contributed by atoms with Crippen LogP contribution in [0.5, 0.6) is 0 Å². The molecule has 8 heteroatoms. The summed E-state index contributed by atoms with van der Waals surface area (Å²) >= 11 is 1.11. The lowest BCUT2D eigenvalue weighted by molar-refractivity contribution is -0.143. The highest BCUT2D eigenvalue weighted by atomic mass is 32.1. The van der Waals surface area contributed by atoms with Gasteiger partial charge in [0.25, 0.3) is 5.91 Å². The highest BCUT2D eigenvalue weighted by Crippen LogP contribution is 2.34. The first-order valence-electron chi connectivity index (χ1n) is 9.71. The highest BCUT2D eigenvalue weighted by Gasteiger charge is 2.35. The molecule has 2 aromatic heterocycles. The first kappa shape index (κ1) is 23.7. The quantitative estimate of drug-likeness (QED) is 0.523. The fourth-order valence-electron chi connectivity index (χ4n) is 2.72. The third-order valence-corrected chi connectivity index (χ3v) is 5.68. The molecule has 0 aliphatic rings. The second-order valence-electron chi connectivity index (χ2n) is 6.78. The van der Waals surface area contributed by atoms with Crippen LogP contribution in [-0.2, 0) is 13.2 Å². The minimum atomic E-state index is -4.44. The Balaban J connectivity index is 0.000000269. The van der Waals surface area contributed by atoms with Crippen LogP contribution in [0.2, 0.25) is 0 Å². The Hall–Kier alpha value is -2.61. The molecule has 1 N–H and O–H groups in total. The maximum atomic E-state index is 12.7. The second kappa shape index (κ2) is 10.4. The van der Waals surface area contributed by atoms with E-state index in [1.165, 1.54) is 19.0 Å². The van der Waals surface area contributed by atoms with Crippen LogP contribution in [0.3, 0.4) is 0 Å². The van der Waals surface area contributed by atoms with E-state index in [9.17, 15) is 18.0 Å². The first-order valence-corrected chi connectivity index (χ1v) is 10.5. The molecule has 4 nitrogen and oxygen atoms in total. The average molecular weight is 438 g/mol. The molecule has 1 unspecified atom stereocenters. The molecule has 0 saturated carbocycles. The lowest BCUT2D eigenvalue weighted by atomic mass is 9.99. The van der Waals surface area contributed by atoms with Crippen molar-refractivity contribution in [1.82, 2.24) is 15.1 Å². The minimum absolute atomic E-state index is 0.209. The Labute approximate surface area is 178 Å². The van der Waals surface area contributed by atoms with Crippen LogP contribution in [0, 0.1) is 0 Å². The number of nitrogens with one attached hydrogen (secondary N) is 1. The standard InChI is InChI=1S/C12H12F3N3OS.C10H14/c1-3-16-11(19)9-5-4-8(20-9)7-6-10(12(13,14)15)18(2)17-7;1-3-9(2)10-7-5-4-6-8-10/h4-6H,3H2,1-2H3,(H,16,19);4-9H,3H2,1-2H3. The number of halogens is 3. The summed E-state index contributed by atoms with van der Waals surface area (Å²) in [6, 6.07) is 14.8. The highest BCUT2D eigenvalue weighted by molar-refractivity contribution is 7.17. The van der Waals surface area contributed by atoms with Crippen molar-refractivity contribution in [2.75, 3.05) is 6.54 Å². The molecule has 0 aliphatic heterocycles. The van der Waals surface area contributed by atoms with E-state index in [1.54, 1.807) is 19.1 Å². The van der Waals surface area contributed by atoms with Gasteiger partial charge in [-0.3, -0.25) is 9.48 Å². The number of carbonyl (C=O) groups excluding carboxylic acids is 1. The van der Waals surface area contributed by atoms with Crippen molar-refractivity contribution in [2.24, 2.45) is 7.05 Å². The topological polar surface area (TPSA) is 46.9 Å². The summed E-state index contributed by atoms with van der Waals surface area (Å²) in [6.45, 7) is 6.77. The fourth-order valence-corrected chi connectivity index (χ4v) is 3.59. The predicted octanol–water partition coefficient (Wildman–Crippen LogP) is 6.12. The number of thiophene rings is 1. The van der Waals surface area contributed by atoms with E-state index in [2.05, 4.69) is 54.6 Å². The molecule has 1 atom stereocenters. The number of rotatable bonds is 5. The molecule has 0 fully saturated rings. The summed E-state index contributed by atoms with van der Waals surface area (Å²) in [5.74, 6) is 0.469. The Morgan fingerprint density at radius 3 is 2.37 bits per heavy atom. The fraction of sp³-hybridized carbons (Fsp3) is 0.364. The number of hydrogen-bond acceptors (Lipinski definition) is 3. The van der Waals surface area contributed by atoms with Gasteiger partial charge in [0.05, 0.1) is 9.75 Å². The summed E-state index contributed by atoms with van der Waals surface area (Å²) in [6.07, 6.45) is -3.22. The molecular weight excluding hydrogens is 411 g/mol.